The maximum atomic E-state index is 12.5. The van der Waals surface area contributed by atoms with Crippen molar-refractivity contribution in [2.45, 2.75) is 437 Å². The minimum Gasteiger partial charge on any atom is -0.394 e. The molecule has 0 rings (SSSR count). The van der Waals surface area contributed by atoms with E-state index in [4.69, 9.17) is 0 Å². The lowest BCUT2D eigenvalue weighted by molar-refractivity contribution is -0.123. The molecule has 0 aliphatic rings. The quantitative estimate of drug-likeness (QED) is 0.0420. The monoisotopic (exact) mass is 1120 g/mol. The van der Waals surface area contributed by atoms with Crippen molar-refractivity contribution < 1.29 is 15.0 Å². The second-order valence-electron chi connectivity index (χ2n) is 25.7. The molecule has 0 aliphatic heterocycles. The van der Waals surface area contributed by atoms with Crippen molar-refractivity contribution in [2.75, 3.05) is 6.61 Å². The van der Waals surface area contributed by atoms with Crippen LogP contribution in [0.15, 0.2) is 36.5 Å². The molecule has 80 heavy (non-hydrogen) atoms. The van der Waals surface area contributed by atoms with Gasteiger partial charge in [-0.2, -0.15) is 0 Å². The Bertz CT molecular complexity index is 1230. The number of hydrogen-bond acceptors (Lipinski definition) is 3. The fourth-order valence-corrected chi connectivity index (χ4v) is 12.0. The van der Waals surface area contributed by atoms with E-state index in [-0.39, 0.29) is 12.5 Å². The molecule has 0 fully saturated rings. The number of aliphatic hydroxyl groups excluding tert-OH is 2. The fourth-order valence-electron chi connectivity index (χ4n) is 12.0. The van der Waals surface area contributed by atoms with E-state index in [2.05, 4.69) is 43.5 Å². The molecule has 0 heterocycles. The van der Waals surface area contributed by atoms with Crippen LogP contribution in [-0.4, -0.2) is 34.9 Å². The van der Waals surface area contributed by atoms with Gasteiger partial charge in [-0.15, -0.1) is 0 Å². The number of aliphatic hydroxyl groups is 2. The van der Waals surface area contributed by atoms with Crippen LogP contribution in [0.5, 0.6) is 0 Å². The third-order valence-corrected chi connectivity index (χ3v) is 17.6. The van der Waals surface area contributed by atoms with Gasteiger partial charge in [0.05, 0.1) is 18.8 Å². The smallest absolute Gasteiger partial charge is 0.220 e. The van der Waals surface area contributed by atoms with Crippen molar-refractivity contribution in [3.05, 3.63) is 36.5 Å². The molecule has 2 atom stereocenters. The number of rotatable bonds is 70. The first-order chi connectivity index (χ1) is 39.7. The van der Waals surface area contributed by atoms with Gasteiger partial charge in [0.15, 0.2) is 0 Å². The molecule has 2 unspecified atom stereocenters. The minimum atomic E-state index is -0.863. The van der Waals surface area contributed by atoms with Gasteiger partial charge in [0.2, 0.25) is 5.91 Å². The third-order valence-electron chi connectivity index (χ3n) is 17.6. The van der Waals surface area contributed by atoms with Crippen molar-refractivity contribution in [2.24, 2.45) is 0 Å². The molecule has 4 nitrogen and oxygen atoms in total. The molecule has 0 spiro atoms. The molecule has 0 aromatic rings. The summed E-state index contributed by atoms with van der Waals surface area (Å²) >= 11 is 0. The zero-order chi connectivity index (χ0) is 57.6. The number of carbonyl (C=O) groups excluding carboxylic acids is 1. The zero-order valence-corrected chi connectivity index (χ0v) is 54.9. The fraction of sp³-hybridized carbons (Fsp3) is 0.908. The van der Waals surface area contributed by atoms with Crippen LogP contribution in [0.25, 0.3) is 0 Å². The van der Waals surface area contributed by atoms with Crippen LogP contribution in [0.3, 0.4) is 0 Å². The largest absolute Gasteiger partial charge is 0.394 e. The van der Waals surface area contributed by atoms with Gasteiger partial charge in [-0.05, 0) is 57.8 Å². The second kappa shape index (κ2) is 71.9. The highest BCUT2D eigenvalue weighted by Crippen LogP contribution is 2.19. The molecule has 1 amide bonds. The molecule has 0 aromatic heterocycles. The number of allylic oxidation sites excluding steroid dienone is 5. The molecule has 0 aromatic carbocycles. The van der Waals surface area contributed by atoms with Crippen LogP contribution in [0.4, 0.5) is 0 Å². The summed E-state index contributed by atoms with van der Waals surface area (Å²) < 4.78 is 0. The topological polar surface area (TPSA) is 69.6 Å². The molecule has 0 saturated carbocycles. The highest BCUT2D eigenvalue weighted by Gasteiger charge is 2.18. The molecule has 474 valence electrons. The Balaban J connectivity index is 3.42. The van der Waals surface area contributed by atoms with Gasteiger partial charge in [0, 0.05) is 6.42 Å². The Morgan fingerprint density at radius 2 is 0.487 bits per heavy atom. The van der Waals surface area contributed by atoms with E-state index in [9.17, 15) is 15.0 Å². The molecular formula is C76H147NO3. The predicted octanol–water partition coefficient (Wildman–Crippen LogP) is 25.5. The lowest BCUT2D eigenvalue weighted by Gasteiger charge is -2.19. The summed E-state index contributed by atoms with van der Waals surface area (Å²) in [6.07, 6.45) is 99.8. The van der Waals surface area contributed by atoms with E-state index >= 15 is 0 Å². The Kier molecular flexibility index (Phi) is 70.6. The number of nitrogens with one attached hydrogen (secondary N) is 1. The summed E-state index contributed by atoms with van der Waals surface area (Å²) in [6.45, 7) is 4.35. The SMILES string of the molecule is CCCCCCCCCC/C=C\CCCCCCCCCCCCCCCCCCCCCCCCCCCC(=O)NC(CO)C(O)/C=C/CC/C=C/CCCCCCCCCCCCCCCCCCCCCCCCCCC. The first-order valence-electron chi connectivity index (χ1n) is 37.2. The predicted molar refractivity (Wildman–Crippen MR) is 359 cm³/mol. The molecule has 0 radical (unpaired) electrons. The van der Waals surface area contributed by atoms with E-state index in [1.807, 2.05) is 6.08 Å². The first-order valence-corrected chi connectivity index (χ1v) is 37.2. The van der Waals surface area contributed by atoms with Crippen LogP contribution < -0.4 is 5.32 Å². The minimum absolute atomic E-state index is 0.0645. The number of unbranched alkanes of at least 4 members (excludes halogenated alkanes) is 59. The Morgan fingerprint density at radius 1 is 0.287 bits per heavy atom. The summed E-state index contributed by atoms with van der Waals surface area (Å²) in [5.74, 6) is -0.0645. The first kappa shape index (κ1) is 78.6. The standard InChI is InChI=1S/C76H147NO3/c1-3-5-7-9-11-13-15-17-19-21-23-25-27-29-31-33-35-36-37-38-39-40-42-44-46-48-50-52-54-56-58-60-62-64-66-68-70-72-76(80)77-74(73-78)75(79)71-69-67-65-63-61-59-57-55-53-51-49-47-45-43-41-34-32-30-28-26-24-22-20-18-16-14-12-10-8-6-4-2/h21,23,61,63,69,71,74-75,78-79H,3-20,22,24-60,62,64-68,70,72-73H2,1-2H3,(H,77,80)/b23-21-,63-61+,71-69+. The summed E-state index contributed by atoms with van der Waals surface area (Å²) in [5, 5.41) is 23.3. The third kappa shape index (κ3) is 67.4. The van der Waals surface area contributed by atoms with Crippen LogP contribution >= 0.6 is 0 Å². The molecule has 4 heteroatoms. The summed E-state index contributed by atoms with van der Waals surface area (Å²) in [7, 11) is 0. The highest BCUT2D eigenvalue weighted by atomic mass is 16.3. The molecule has 0 saturated heterocycles. The van der Waals surface area contributed by atoms with Gasteiger partial charge < -0.3 is 15.5 Å². The van der Waals surface area contributed by atoms with Crippen molar-refractivity contribution in [1.29, 1.82) is 0 Å². The maximum Gasteiger partial charge on any atom is 0.220 e. The van der Waals surface area contributed by atoms with E-state index in [0.717, 1.165) is 32.1 Å². The van der Waals surface area contributed by atoms with Gasteiger partial charge in [0.1, 0.15) is 0 Å². The number of hydrogen-bond donors (Lipinski definition) is 3. The normalized spacial score (nSPS) is 12.8. The van der Waals surface area contributed by atoms with Gasteiger partial charge in [0.25, 0.3) is 0 Å². The van der Waals surface area contributed by atoms with Crippen LogP contribution in [0, 0.1) is 0 Å². The lowest BCUT2D eigenvalue weighted by atomic mass is 10.0. The van der Waals surface area contributed by atoms with Crippen LogP contribution in [0.1, 0.15) is 425 Å². The van der Waals surface area contributed by atoms with E-state index < -0.39 is 12.1 Å². The Hall–Kier alpha value is -1.39. The van der Waals surface area contributed by atoms with Crippen molar-refractivity contribution in [3.63, 3.8) is 0 Å². The van der Waals surface area contributed by atoms with E-state index in [0.29, 0.717) is 6.42 Å². The summed E-state index contributed by atoms with van der Waals surface area (Å²) in [5.41, 5.74) is 0. The van der Waals surface area contributed by atoms with Gasteiger partial charge in [-0.1, -0.05) is 397 Å². The van der Waals surface area contributed by atoms with Crippen molar-refractivity contribution >= 4 is 5.91 Å². The number of amides is 1. The summed E-state index contributed by atoms with van der Waals surface area (Å²) in [6, 6.07) is -0.639. The Labute approximate surface area is 503 Å². The van der Waals surface area contributed by atoms with E-state index in [1.165, 1.54) is 372 Å². The lowest BCUT2D eigenvalue weighted by Crippen LogP contribution is -2.45. The van der Waals surface area contributed by atoms with Crippen LogP contribution in [0.2, 0.25) is 0 Å². The van der Waals surface area contributed by atoms with Crippen molar-refractivity contribution in [1.82, 2.24) is 5.32 Å². The van der Waals surface area contributed by atoms with Gasteiger partial charge in [-0.25, -0.2) is 0 Å². The molecule has 3 N–H and O–H groups in total. The summed E-state index contributed by atoms with van der Waals surface area (Å²) in [4.78, 5) is 12.5. The second-order valence-corrected chi connectivity index (χ2v) is 25.7. The van der Waals surface area contributed by atoms with Gasteiger partial charge >= 0.3 is 0 Å². The maximum absolute atomic E-state index is 12.5. The average Bonchev–Trinajstić information content (AvgIpc) is 3.46. The Morgan fingerprint density at radius 3 is 0.725 bits per heavy atom. The molecule has 0 aliphatic carbocycles. The highest BCUT2D eigenvalue weighted by molar-refractivity contribution is 5.76. The average molecular weight is 1120 g/mol. The number of carbonyl (C=O) groups is 1. The van der Waals surface area contributed by atoms with Crippen molar-refractivity contribution in [3.8, 4) is 0 Å². The van der Waals surface area contributed by atoms with Crippen LogP contribution in [-0.2, 0) is 4.79 Å². The van der Waals surface area contributed by atoms with Gasteiger partial charge in [-0.3, -0.25) is 4.79 Å². The zero-order valence-electron chi connectivity index (χ0n) is 54.9. The van der Waals surface area contributed by atoms with E-state index in [1.54, 1.807) is 6.08 Å². The molecule has 0 bridgehead atoms. The molecular weight excluding hydrogens is 975 g/mol.